The molecule has 0 unspecified atom stereocenters. The first-order valence-electron chi connectivity index (χ1n) is 4.88. The molecule has 0 aliphatic carbocycles. The lowest BCUT2D eigenvalue weighted by Gasteiger charge is -2.06. The molecule has 2 rings (SSSR count). The van der Waals surface area contributed by atoms with Gasteiger partial charge in [0.15, 0.2) is 0 Å². The van der Waals surface area contributed by atoms with Gasteiger partial charge in [0.25, 0.3) is 0 Å². The van der Waals surface area contributed by atoms with Crippen LogP contribution in [0.4, 0.5) is 5.69 Å². The van der Waals surface area contributed by atoms with Crippen LogP contribution in [0.1, 0.15) is 5.56 Å². The van der Waals surface area contributed by atoms with Crippen molar-refractivity contribution in [2.75, 3.05) is 30.5 Å². The van der Waals surface area contributed by atoms with Crippen LogP contribution in [0.2, 0.25) is 0 Å². The third-order valence-corrected chi connectivity index (χ3v) is 2.94. The fraction of sp³-hybridized carbons (Fsp3) is 0.455. The molecule has 2 nitrogen and oxygen atoms in total. The number of anilines is 1. The fourth-order valence-corrected chi connectivity index (χ4v) is 1.90. The molecule has 0 spiro atoms. The molecule has 0 amide bonds. The molecule has 0 atom stereocenters. The maximum absolute atomic E-state index is 5.45. The van der Waals surface area contributed by atoms with E-state index in [9.17, 15) is 0 Å². The van der Waals surface area contributed by atoms with Gasteiger partial charge >= 0.3 is 0 Å². The van der Waals surface area contributed by atoms with Gasteiger partial charge in [0, 0.05) is 24.4 Å². The third-order valence-electron chi connectivity index (χ3n) is 2.32. The highest BCUT2D eigenvalue weighted by molar-refractivity contribution is 7.98. The Bertz CT molecular complexity index is 314. The second-order valence-electron chi connectivity index (χ2n) is 3.34. The molecule has 1 heterocycles. The fourth-order valence-electron chi connectivity index (χ4n) is 1.59. The summed E-state index contributed by atoms with van der Waals surface area (Å²) in [5, 5.41) is 3.40. The molecule has 0 saturated carbocycles. The van der Waals surface area contributed by atoms with Crippen molar-refractivity contribution < 1.29 is 4.74 Å². The lowest BCUT2D eigenvalue weighted by molar-refractivity contribution is 0.357. The number of fused-ring (bicyclic) bond motifs is 1. The van der Waals surface area contributed by atoms with Crippen LogP contribution in [0.5, 0.6) is 5.75 Å². The quantitative estimate of drug-likeness (QED) is 0.769. The van der Waals surface area contributed by atoms with Crippen LogP contribution < -0.4 is 10.1 Å². The highest BCUT2D eigenvalue weighted by Gasteiger charge is 2.11. The maximum atomic E-state index is 5.45. The zero-order valence-corrected chi connectivity index (χ0v) is 9.19. The molecule has 76 valence electrons. The zero-order valence-electron chi connectivity index (χ0n) is 8.38. The first kappa shape index (κ1) is 9.71. The van der Waals surface area contributed by atoms with Gasteiger partial charge in [0.1, 0.15) is 5.75 Å². The molecule has 0 bridgehead atoms. The van der Waals surface area contributed by atoms with Gasteiger partial charge in [-0.05, 0) is 30.0 Å². The topological polar surface area (TPSA) is 21.3 Å². The van der Waals surface area contributed by atoms with Crippen LogP contribution in [0.15, 0.2) is 18.2 Å². The summed E-state index contributed by atoms with van der Waals surface area (Å²) in [7, 11) is 0. The minimum absolute atomic E-state index is 0.837. The zero-order chi connectivity index (χ0) is 9.80. The van der Waals surface area contributed by atoms with E-state index in [2.05, 4.69) is 29.8 Å². The molecule has 3 heteroatoms. The first-order chi connectivity index (χ1) is 6.90. The minimum Gasteiger partial charge on any atom is -0.493 e. The van der Waals surface area contributed by atoms with Crippen LogP contribution in [0.25, 0.3) is 0 Å². The van der Waals surface area contributed by atoms with Crippen molar-refractivity contribution in [2.24, 2.45) is 0 Å². The minimum atomic E-state index is 0.837. The molecule has 0 saturated heterocycles. The van der Waals surface area contributed by atoms with E-state index in [4.69, 9.17) is 4.74 Å². The number of thioether (sulfide) groups is 1. The van der Waals surface area contributed by atoms with Crippen LogP contribution in [0.3, 0.4) is 0 Å². The Morgan fingerprint density at radius 3 is 3.29 bits per heavy atom. The van der Waals surface area contributed by atoms with E-state index >= 15 is 0 Å². The average Bonchev–Trinajstić information content (AvgIpc) is 2.65. The summed E-state index contributed by atoms with van der Waals surface area (Å²) in [6.07, 6.45) is 3.17. The van der Waals surface area contributed by atoms with Crippen molar-refractivity contribution in [3.05, 3.63) is 23.8 Å². The molecule has 0 radical (unpaired) electrons. The summed E-state index contributed by atoms with van der Waals surface area (Å²) in [6.45, 7) is 1.87. The van der Waals surface area contributed by atoms with Gasteiger partial charge in [-0.1, -0.05) is 0 Å². The van der Waals surface area contributed by atoms with Crippen LogP contribution >= 0.6 is 11.8 Å². The molecule has 1 aliphatic rings. The van der Waals surface area contributed by atoms with Crippen molar-refractivity contribution >= 4 is 17.4 Å². The van der Waals surface area contributed by atoms with Gasteiger partial charge < -0.3 is 10.1 Å². The van der Waals surface area contributed by atoms with Crippen molar-refractivity contribution in [3.8, 4) is 5.75 Å². The van der Waals surface area contributed by atoms with E-state index < -0.39 is 0 Å². The molecule has 1 N–H and O–H groups in total. The highest BCUT2D eigenvalue weighted by Crippen LogP contribution is 2.27. The lowest BCUT2D eigenvalue weighted by atomic mass is 10.1. The number of rotatable bonds is 4. The highest BCUT2D eigenvalue weighted by atomic mass is 32.2. The predicted octanol–water partition coefficient (Wildman–Crippen LogP) is 2.40. The summed E-state index contributed by atoms with van der Waals surface area (Å²) >= 11 is 1.86. The number of ether oxygens (including phenoxy) is 1. The Morgan fingerprint density at radius 2 is 2.43 bits per heavy atom. The van der Waals surface area contributed by atoms with Gasteiger partial charge in [-0.25, -0.2) is 0 Å². The monoisotopic (exact) mass is 209 g/mol. The van der Waals surface area contributed by atoms with Crippen molar-refractivity contribution in [3.63, 3.8) is 0 Å². The standard InChI is InChI=1S/C11H15NOS/c1-14-7-5-12-10-2-3-11-9(8-10)4-6-13-11/h2-3,8,12H,4-7H2,1H3. The normalized spacial score (nSPS) is 13.5. The molecule has 1 aliphatic heterocycles. The van der Waals surface area contributed by atoms with E-state index in [1.807, 2.05) is 11.8 Å². The molecular weight excluding hydrogens is 194 g/mol. The summed E-state index contributed by atoms with van der Waals surface area (Å²) in [5.41, 5.74) is 2.54. The molecule has 0 aromatic heterocycles. The van der Waals surface area contributed by atoms with Gasteiger partial charge in [0.05, 0.1) is 6.61 Å². The second kappa shape index (κ2) is 4.60. The van der Waals surface area contributed by atoms with Gasteiger partial charge in [-0.15, -0.1) is 0 Å². The van der Waals surface area contributed by atoms with Gasteiger partial charge in [0.2, 0.25) is 0 Å². The van der Waals surface area contributed by atoms with Gasteiger partial charge in [-0.3, -0.25) is 0 Å². The van der Waals surface area contributed by atoms with Crippen molar-refractivity contribution in [1.29, 1.82) is 0 Å². The summed E-state index contributed by atoms with van der Waals surface area (Å²) in [5.74, 6) is 2.20. The average molecular weight is 209 g/mol. The Labute approximate surface area is 89.0 Å². The Kier molecular flexibility index (Phi) is 3.19. The Hall–Kier alpha value is -0.830. The van der Waals surface area contributed by atoms with Crippen molar-refractivity contribution in [2.45, 2.75) is 6.42 Å². The van der Waals surface area contributed by atoms with Crippen LogP contribution in [-0.2, 0) is 6.42 Å². The molecule has 1 aromatic rings. The molecule has 0 fully saturated rings. The van der Waals surface area contributed by atoms with E-state index in [0.29, 0.717) is 0 Å². The summed E-state index contributed by atoms with van der Waals surface area (Å²) < 4.78 is 5.45. The smallest absolute Gasteiger partial charge is 0.122 e. The number of hydrogen-bond donors (Lipinski definition) is 1. The predicted molar refractivity (Wildman–Crippen MR) is 62.5 cm³/mol. The first-order valence-corrected chi connectivity index (χ1v) is 6.28. The molecule has 14 heavy (non-hydrogen) atoms. The molecular formula is C11H15NOS. The molecule has 1 aromatic carbocycles. The lowest BCUT2D eigenvalue weighted by Crippen LogP contribution is -2.03. The number of nitrogens with one attached hydrogen (secondary N) is 1. The summed E-state index contributed by atoms with van der Waals surface area (Å²) in [4.78, 5) is 0. The second-order valence-corrected chi connectivity index (χ2v) is 4.33. The maximum Gasteiger partial charge on any atom is 0.122 e. The van der Waals surface area contributed by atoms with E-state index in [0.717, 1.165) is 31.1 Å². The summed E-state index contributed by atoms with van der Waals surface area (Å²) in [6, 6.07) is 6.34. The van der Waals surface area contributed by atoms with Crippen molar-refractivity contribution in [1.82, 2.24) is 0 Å². The Balaban J connectivity index is 1.98. The number of hydrogen-bond acceptors (Lipinski definition) is 3. The van der Waals surface area contributed by atoms with E-state index in [1.54, 1.807) is 0 Å². The van der Waals surface area contributed by atoms with E-state index in [-0.39, 0.29) is 0 Å². The number of benzene rings is 1. The van der Waals surface area contributed by atoms with Crippen LogP contribution in [0, 0.1) is 0 Å². The van der Waals surface area contributed by atoms with Crippen LogP contribution in [-0.4, -0.2) is 25.2 Å². The van der Waals surface area contributed by atoms with Gasteiger partial charge in [-0.2, -0.15) is 11.8 Å². The third kappa shape index (κ3) is 2.15. The Morgan fingerprint density at radius 1 is 1.50 bits per heavy atom. The largest absolute Gasteiger partial charge is 0.493 e. The SMILES string of the molecule is CSCCNc1ccc2c(c1)CCO2. The van der Waals surface area contributed by atoms with E-state index in [1.165, 1.54) is 11.3 Å².